The number of hydrogen-bond acceptors (Lipinski definition) is 5. The number of carbonyl (C=O) groups excluding carboxylic acids is 1. The molecule has 2 aromatic carbocycles. The molecule has 0 aliphatic carbocycles. The molecule has 3 N–H and O–H groups in total. The number of rotatable bonds is 8. The van der Waals surface area contributed by atoms with E-state index >= 15 is 0 Å². The highest BCUT2D eigenvalue weighted by Gasteiger charge is 2.31. The first-order chi connectivity index (χ1) is 17.9. The molecule has 38 heavy (non-hydrogen) atoms. The van der Waals surface area contributed by atoms with E-state index in [2.05, 4.69) is 15.0 Å². The van der Waals surface area contributed by atoms with Crippen molar-refractivity contribution in [2.75, 3.05) is 6.54 Å². The Labute approximate surface area is 214 Å². The van der Waals surface area contributed by atoms with Crippen molar-refractivity contribution >= 4 is 11.6 Å². The van der Waals surface area contributed by atoms with Crippen LogP contribution in [0.4, 0.5) is 22.0 Å². The van der Waals surface area contributed by atoms with Crippen molar-refractivity contribution in [1.29, 1.82) is 0 Å². The van der Waals surface area contributed by atoms with Gasteiger partial charge >= 0.3 is 6.36 Å². The van der Waals surface area contributed by atoms with Crippen molar-refractivity contribution in [1.82, 2.24) is 14.7 Å². The van der Waals surface area contributed by atoms with Gasteiger partial charge in [0.2, 0.25) is 0 Å². The van der Waals surface area contributed by atoms with E-state index in [1.54, 1.807) is 26.1 Å². The summed E-state index contributed by atoms with van der Waals surface area (Å²) in [6.45, 7) is 2.87. The Morgan fingerprint density at radius 3 is 2.47 bits per heavy atom. The van der Waals surface area contributed by atoms with Gasteiger partial charge in [-0.1, -0.05) is 18.2 Å². The highest BCUT2D eigenvalue weighted by Crippen LogP contribution is 2.27. The second-order valence-corrected chi connectivity index (χ2v) is 8.55. The molecule has 0 fully saturated rings. The zero-order valence-corrected chi connectivity index (χ0v) is 20.3. The second-order valence-electron chi connectivity index (χ2n) is 8.55. The number of fused-ring (bicyclic) bond motifs is 1. The molecule has 0 radical (unpaired) electrons. The molecule has 2 aromatic heterocycles. The van der Waals surface area contributed by atoms with Gasteiger partial charge in [0, 0.05) is 18.8 Å². The first-order valence-electron chi connectivity index (χ1n) is 11.4. The number of amides is 1. The predicted molar refractivity (Wildman–Crippen MR) is 128 cm³/mol. The number of nitrogens with zero attached hydrogens (tertiary/aromatic N) is 2. The highest BCUT2D eigenvalue weighted by molar-refractivity contribution is 5.95. The van der Waals surface area contributed by atoms with Gasteiger partial charge in [0.05, 0.1) is 11.3 Å². The van der Waals surface area contributed by atoms with E-state index in [0.29, 0.717) is 16.8 Å². The number of nitrogens with one attached hydrogen (secondary N) is 1. The quantitative estimate of drug-likeness (QED) is 0.306. The average molecular weight is 534 g/mol. The first-order valence-corrected chi connectivity index (χ1v) is 11.4. The van der Waals surface area contributed by atoms with Crippen molar-refractivity contribution in [3.63, 3.8) is 0 Å². The minimum atomic E-state index is -4.85. The molecule has 0 aliphatic rings. The molecule has 0 saturated heterocycles. The van der Waals surface area contributed by atoms with Crippen molar-refractivity contribution in [2.24, 2.45) is 5.73 Å². The van der Waals surface area contributed by atoms with E-state index in [1.165, 1.54) is 22.6 Å². The smallest absolute Gasteiger partial charge is 0.485 e. The highest BCUT2D eigenvalue weighted by atomic mass is 19.4. The van der Waals surface area contributed by atoms with E-state index in [4.69, 9.17) is 10.5 Å². The number of nitrogens with two attached hydrogens (primary N) is 1. The predicted octanol–water partition coefficient (Wildman–Crippen LogP) is 5.14. The lowest BCUT2D eigenvalue weighted by atomic mass is 10.1. The van der Waals surface area contributed by atoms with Crippen molar-refractivity contribution in [3.05, 3.63) is 94.4 Å². The summed E-state index contributed by atoms with van der Waals surface area (Å²) >= 11 is 0. The van der Waals surface area contributed by atoms with Crippen molar-refractivity contribution in [3.8, 4) is 11.5 Å². The number of aromatic nitrogens is 2. The van der Waals surface area contributed by atoms with E-state index in [9.17, 15) is 26.7 Å². The molecule has 0 bridgehead atoms. The lowest BCUT2D eigenvalue weighted by Crippen LogP contribution is -2.33. The zero-order chi connectivity index (χ0) is 27.6. The Morgan fingerprint density at radius 2 is 1.79 bits per heavy atom. The van der Waals surface area contributed by atoms with E-state index in [1.807, 2.05) is 0 Å². The largest absolute Gasteiger partial charge is 0.573 e. The second kappa shape index (κ2) is 10.7. The Balaban J connectivity index is 1.52. The van der Waals surface area contributed by atoms with E-state index < -0.39 is 42.3 Å². The number of pyridine rings is 1. The summed E-state index contributed by atoms with van der Waals surface area (Å²) < 4.78 is 76.7. The number of alkyl halides is 3. The normalized spacial score (nSPS) is 12.4. The zero-order valence-electron chi connectivity index (χ0n) is 20.3. The van der Waals surface area contributed by atoms with Crippen LogP contribution in [-0.4, -0.2) is 28.2 Å². The van der Waals surface area contributed by atoms with Gasteiger partial charge in [0.1, 0.15) is 29.7 Å². The lowest BCUT2D eigenvalue weighted by Gasteiger charge is -2.15. The van der Waals surface area contributed by atoms with Crippen molar-refractivity contribution < 1.29 is 36.2 Å². The third-order valence-corrected chi connectivity index (χ3v) is 5.65. The Hall–Kier alpha value is -4.19. The lowest BCUT2D eigenvalue weighted by molar-refractivity contribution is -0.274. The average Bonchev–Trinajstić information content (AvgIpc) is 3.16. The number of imidazole rings is 1. The van der Waals surface area contributed by atoms with Gasteiger partial charge in [-0.25, -0.2) is 13.8 Å². The van der Waals surface area contributed by atoms with Crippen LogP contribution in [0, 0.1) is 25.5 Å². The maximum absolute atomic E-state index is 14.0. The molecule has 12 heteroatoms. The molecule has 7 nitrogen and oxygen atoms in total. The van der Waals surface area contributed by atoms with Gasteiger partial charge in [-0.3, -0.25) is 9.20 Å². The fourth-order valence-electron chi connectivity index (χ4n) is 3.90. The van der Waals surface area contributed by atoms with Gasteiger partial charge in [0.25, 0.3) is 5.91 Å². The minimum Gasteiger partial charge on any atom is -0.485 e. The molecule has 4 aromatic rings. The fraction of sp³-hybridized carbons (Fsp3) is 0.231. The molecule has 0 saturated carbocycles. The molecule has 0 spiro atoms. The maximum atomic E-state index is 14.0. The van der Waals surface area contributed by atoms with Crippen molar-refractivity contribution in [2.45, 2.75) is 32.9 Å². The van der Waals surface area contributed by atoms with Crippen LogP contribution >= 0.6 is 0 Å². The molecule has 1 unspecified atom stereocenters. The summed E-state index contributed by atoms with van der Waals surface area (Å²) in [6.07, 6.45) is -3.19. The van der Waals surface area contributed by atoms with Crippen LogP contribution in [0.3, 0.4) is 0 Å². The van der Waals surface area contributed by atoms with Gasteiger partial charge in [-0.15, -0.1) is 13.2 Å². The number of halogens is 5. The first kappa shape index (κ1) is 26.9. The molecule has 1 amide bonds. The topological polar surface area (TPSA) is 90.9 Å². The van der Waals surface area contributed by atoms with Crippen LogP contribution in [0.5, 0.6) is 11.5 Å². The number of benzene rings is 2. The summed E-state index contributed by atoms with van der Waals surface area (Å²) in [5.74, 6) is -2.24. The molecule has 2 heterocycles. The molecular formula is C26H23F5N4O3. The Kier molecular flexibility index (Phi) is 7.53. The SMILES string of the molecule is Cc1cc(OCc2c(F)cccc2F)c2nc(C)c(C(=O)NCC(N)c3cccc(OC(F)(F)F)c3)n2c1. The van der Waals surface area contributed by atoms with Gasteiger partial charge < -0.3 is 20.5 Å². The number of aryl methyl sites for hydroxylation is 2. The van der Waals surface area contributed by atoms with Gasteiger partial charge in [-0.05, 0) is 55.3 Å². The summed E-state index contributed by atoms with van der Waals surface area (Å²) in [5.41, 5.74) is 7.65. The van der Waals surface area contributed by atoms with Crippen LogP contribution in [-0.2, 0) is 6.61 Å². The fourth-order valence-corrected chi connectivity index (χ4v) is 3.90. The third-order valence-electron chi connectivity index (χ3n) is 5.65. The van der Waals surface area contributed by atoms with E-state index in [0.717, 1.165) is 24.3 Å². The molecule has 4 rings (SSSR count). The monoisotopic (exact) mass is 534 g/mol. The standard InChI is InChI=1S/C26H23F5N4O3/c1-14-9-22(37-13-18-19(27)7-4-8-20(18)28)24-34-15(2)23(35(24)12-14)25(36)33-11-21(32)16-5-3-6-17(10-16)38-26(29,30)31/h3-10,12,21H,11,13,32H2,1-2H3,(H,33,36). The third kappa shape index (κ3) is 6.02. The Bertz CT molecular complexity index is 1470. The summed E-state index contributed by atoms with van der Waals surface area (Å²) in [5, 5.41) is 2.67. The van der Waals surface area contributed by atoms with Crippen LogP contribution in [0.2, 0.25) is 0 Å². The summed E-state index contributed by atoms with van der Waals surface area (Å²) in [7, 11) is 0. The van der Waals surface area contributed by atoms with Gasteiger partial charge in [-0.2, -0.15) is 0 Å². The van der Waals surface area contributed by atoms with E-state index in [-0.39, 0.29) is 29.2 Å². The van der Waals surface area contributed by atoms with Crippen LogP contribution in [0.1, 0.15) is 38.9 Å². The molecule has 1 atom stereocenters. The van der Waals surface area contributed by atoms with Crippen LogP contribution in [0.25, 0.3) is 5.65 Å². The summed E-state index contributed by atoms with van der Waals surface area (Å²) in [6, 6.07) is 9.48. The molecule has 0 aliphatic heterocycles. The Morgan fingerprint density at radius 1 is 1.11 bits per heavy atom. The van der Waals surface area contributed by atoms with Crippen LogP contribution in [0.15, 0.2) is 54.7 Å². The number of ether oxygens (including phenoxy) is 2. The number of hydrogen-bond donors (Lipinski definition) is 2. The van der Waals surface area contributed by atoms with Gasteiger partial charge in [0.15, 0.2) is 11.4 Å². The number of carbonyl (C=O) groups is 1. The van der Waals surface area contributed by atoms with Crippen LogP contribution < -0.4 is 20.5 Å². The molecule has 200 valence electrons. The molecular weight excluding hydrogens is 511 g/mol. The summed E-state index contributed by atoms with van der Waals surface area (Å²) in [4.78, 5) is 17.5. The minimum absolute atomic E-state index is 0.0945. The maximum Gasteiger partial charge on any atom is 0.573 e.